The lowest BCUT2D eigenvalue weighted by molar-refractivity contribution is 0.0156. The van der Waals surface area contributed by atoms with E-state index in [0.717, 1.165) is 13.0 Å². The van der Waals surface area contributed by atoms with Crippen LogP contribution in [0.2, 0.25) is 0 Å². The Labute approximate surface area is 90.1 Å². The van der Waals surface area contributed by atoms with Crippen LogP contribution in [0.5, 0.6) is 0 Å². The molecule has 0 aromatic heterocycles. The molecule has 0 aliphatic rings. The van der Waals surface area contributed by atoms with Crippen molar-refractivity contribution in [3.63, 3.8) is 0 Å². The lowest BCUT2D eigenvalue weighted by Gasteiger charge is -2.23. The fraction of sp³-hybridized carbons (Fsp3) is 1.00. The number of nitrogens with one attached hydrogen (secondary N) is 1. The number of ether oxygens (including phenoxy) is 1. The average molecular weight is 221 g/mol. The van der Waals surface area contributed by atoms with Gasteiger partial charge in [0, 0.05) is 36.0 Å². The van der Waals surface area contributed by atoms with E-state index < -0.39 is 10.8 Å². The minimum absolute atomic E-state index is 0.0713. The lowest BCUT2D eigenvalue weighted by atomic mass is 10.1. The van der Waals surface area contributed by atoms with E-state index in [1.54, 1.807) is 13.4 Å². The van der Waals surface area contributed by atoms with Crippen LogP contribution in [0.15, 0.2) is 0 Å². The highest BCUT2D eigenvalue weighted by molar-refractivity contribution is 7.84. The maximum absolute atomic E-state index is 10.9. The van der Waals surface area contributed by atoms with Crippen molar-refractivity contribution in [2.24, 2.45) is 0 Å². The summed E-state index contributed by atoms with van der Waals surface area (Å²) in [4.78, 5) is 0. The molecule has 0 fully saturated rings. The first kappa shape index (κ1) is 14.1. The minimum atomic E-state index is -0.716. The maximum Gasteiger partial charge on any atom is 0.0634 e. The van der Waals surface area contributed by atoms with Crippen LogP contribution < -0.4 is 5.32 Å². The van der Waals surface area contributed by atoms with Crippen molar-refractivity contribution in [2.75, 3.05) is 25.7 Å². The molecular weight excluding hydrogens is 198 g/mol. The third-order valence-electron chi connectivity index (χ3n) is 2.26. The summed E-state index contributed by atoms with van der Waals surface area (Å²) in [5.74, 6) is 0.716. The average Bonchev–Trinajstić information content (AvgIpc) is 2.02. The Kier molecular flexibility index (Phi) is 6.57. The SMILES string of the molecule is COC(C)(C)CCNC(C)CS(C)=O. The molecule has 0 rings (SSSR count). The van der Waals surface area contributed by atoms with Gasteiger partial charge >= 0.3 is 0 Å². The summed E-state index contributed by atoms with van der Waals surface area (Å²) < 4.78 is 16.2. The highest BCUT2D eigenvalue weighted by atomic mass is 32.2. The molecule has 0 saturated heterocycles. The second-order valence-electron chi connectivity index (χ2n) is 4.31. The van der Waals surface area contributed by atoms with Crippen molar-refractivity contribution in [2.45, 2.75) is 38.8 Å². The van der Waals surface area contributed by atoms with Gasteiger partial charge in [-0.2, -0.15) is 0 Å². The quantitative estimate of drug-likeness (QED) is 0.701. The minimum Gasteiger partial charge on any atom is -0.379 e. The van der Waals surface area contributed by atoms with E-state index in [1.165, 1.54) is 0 Å². The van der Waals surface area contributed by atoms with Gasteiger partial charge in [-0.25, -0.2) is 0 Å². The van der Waals surface area contributed by atoms with Gasteiger partial charge in [-0.05, 0) is 33.7 Å². The van der Waals surface area contributed by atoms with Gasteiger partial charge in [0.05, 0.1) is 5.60 Å². The Bertz CT molecular complexity index is 183. The van der Waals surface area contributed by atoms with Gasteiger partial charge in [0.15, 0.2) is 0 Å². The highest BCUT2D eigenvalue weighted by Crippen LogP contribution is 2.11. The predicted octanol–water partition coefficient (Wildman–Crippen LogP) is 1.16. The predicted molar refractivity (Wildman–Crippen MR) is 62.1 cm³/mol. The van der Waals surface area contributed by atoms with Crippen molar-refractivity contribution in [3.8, 4) is 0 Å². The summed E-state index contributed by atoms with van der Waals surface area (Å²) in [5, 5.41) is 3.33. The van der Waals surface area contributed by atoms with Crippen LogP contribution in [0.3, 0.4) is 0 Å². The van der Waals surface area contributed by atoms with Crippen LogP contribution in [0.25, 0.3) is 0 Å². The normalized spacial score (nSPS) is 16.6. The van der Waals surface area contributed by atoms with Gasteiger partial charge in [-0.1, -0.05) is 0 Å². The van der Waals surface area contributed by atoms with Crippen LogP contribution >= 0.6 is 0 Å². The molecule has 0 bridgehead atoms. The van der Waals surface area contributed by atoms with Gasteiger partial charge in [0.2, 0.25) is 0 Å². The Hall–Kier alpha value is 0.0700. The molecule has 2 atom stereocenters. The van der Waals surface area contributed by atoms with Crippen LogP contribution in [0.4, 0.5) is 0 Å². The molecule has 0 radical (unpaired) electrons. The second-order valence-corrected chi connectivity index (χ2v) is 5.79. The summed E-state index contributed by atoms with van der Waals surface area (Å²) in [6.07, 6.45) is 2.70. The number of hydrogen-bond donors (Lipinski definition) is 1. The third kappa shape index (κ3) is 7.47. The maximum atomic E-state index is 10.9. The smallest absolute Gasteiger partial charge is 0.0634 e. The summed E-state index contributed by atoms with van der Waals surface area (Å²) >= 11 is 0. The molecule has 2 unspecified atom stereocenters. The molecule has 0 aromatic carbocycles. The first-order valence-corrected chi connectivity index (χ1v) is 6.68. The largest absolute Gasteiger partial charge is 0.379 e. The Morgan fingerprint density at radius 2 is 2.07 bits per heavy atom. The van der Waals surface area contributed by atoms with E-state index in [4.69, 9.17) is 4.74 Å². The zero-order valence-corrected chi connectivity index (χ0v) is 10.7. The third-order valence-corrected chi connectivity index (χ3v) is 3.23. The first-order valence-electron chi connectivity index (χ1n) is 4.96. The van der Waals surface area contributed by atoms with Gasteiger partial charge in [-0.15, -0.1) is 0 Å². The van der Waals surface area contributed by atoms with Crippen LogP contribution in [0.1, 0.15) is 27.2 Å². The van der Waals surface area contributed by atoms with E-state index in [1.807, 2.05) is 0 Å². The van der Waals surface area contributed by atoms with E-state index >= 15 is 0 Å². The molecule has 0 saturated carbocycles. The molecule has 0 aliphatic carbocycles. The fourth-order valence-electron chi connectivity index (χ4n) is 1.13. The van der Waals surface area contributed by atoms with Gasteiger partial charge in [-0.3, -0.25) is 4.21 Å². The zero-order valence-electron chi connectivity index (χ0n) is 9.92. The van der Waals surface area contributed by atoms with Gasteiger partial charge in [0.25, 0.3) is 0 Å². The molecule has 0 spiro atoms. The molecular formula is C10H23NO2S. The number of methoxy groups -OCH3 is 1. The molecule has 86 valence electrons. The Balaban J connectivity index is 3.58. The van der Waals surface area contributed by atoms with Gasteiger partial charge < -0.3 is 10.1 Å². The standard InChI is InChI=1S/C10H23NO2S/c1-9(8-14(5)12)11-7-6-10(2,3)13-4/h9,11H,6-8H2,1-5H3. The zero-order chi connectivity index (χ0) is 11.2. The van der Waals surface area contributed by atoms with Crippen LogP contribution in [-0.2, 0) is 15.5 Å². The van der Waals surface area contributed by atoms with Gasteiger partial charge in [0.1, 0.15) is 0 Å². The molecule has 1 N–H and O–H groups in total. The first-order chi connectivity index (χ1) is 6.37. The lowest BCUT2D eigenvalue weighted by Crippen LogP contribution is -2.35. The number of rotatable bonds is 7. The molecule has 14 heavy (non-hydrogen) atoms. The molecule has 0 heterocycles. The highest BCUT2D eigenvalue weighted by Gasteiger charge is 2.15. The van der Waals surface area contributed by atoms with Crippen molar-refractivity contribution < 1.29 is 8.95 Å². The van der Waals surface area contributed by atoms with E-state index in [2.05, 4.69) is 26.1 Å². The monoisotopic (exact) mass is 221 g/mol. The van der Waals surface area contributed by atoms with Crippen LogP contribution in [0, 0.1) is 0 Å². The van der Waals surface area contributed by atoms with Crippen molar-refractivity contribution in [1.29, 1.82) is 0 Å². The van der Waals surface area contributed by atoms with E-state index in [9.17, 15) is 4.21 Å². The Morgan fingerprint density at radius 3 is 2.50 bits per heavy atom. The molecule has 0 aromatic rings. The molecule has 4 heteroatoms. The van der Waals surface area contributed by atoms with Crippen LogP contribution in [-0.4, -0.2) is 41.5 Å². The fourth-order valence-corrected chi connectivity index (χ4v) is 1.95. The van der Waals surface area contributed by atoms with Crippen molar-refractivity contribution in [3.05, 3.63) is 0 Å². The molecule has 0 aliphatic heterocycles. The Morgan fingerprint density at radius 1 is 1.50 bits per heavy atom. The summed E-state index contributed by atoms with van der Waals surface area (Å²) in [7, 11) is 1.01. The second kappa shape index (κ2) is 6.53. The molecule has 0 amide bonds. The summed E-state index contributed by atoms with van der Waals surface area (Å²) in [5.41, 5.74) is -0.0713. The summed E-state index contributed by atoms with van der Waals surface area (Å²) in [6.45, 7) is 7.09. The summed E-state index contributed by atoms with van der Waals surface area (Å²) in [6, 6.07) is 0.313. The van der Waals surface area contributed by atoms with E-state index in [-0.39, 0.29) is 5.60 Å². The topological polar surface area (TPSA) is 38.3 Å². The molecule has 3 nitrogen and oxygen atoms in total. The van der Waals surface area contributed by atoms with Crippen molar-refractivity contribution >= 4 is 10.8 Å². The van der Waals surface area contributed by atoms with E-state index in [0.29, 0.717) is 11.8 Å². The van der Waals surface area contributed by atoms with Crippen molar-refractivity contribution in [1.82, 2.24) is 5.32 Å². The number of hydrogen-bond acceptors (Lipinski definition) is 3.